The summed E-state index contributed by atoms with van der Waals surface area (Å²) in [6.07, 6.45) is 1.51. The van der Waals surface area contributed by atoms with E-state index in [1.165, 1.54) is 0 Å². The van der Waals surface area contributed by atoms with Crippen molar-refractivity contribution in [1.29, 1.82) is 0 Å². The van der Waals surface area contributed by atoms with Crippen molar-refractivity contribution in [3.8, 4) is 0 Å². The van der Waals surface area contributed by atoms with Gasteiger partial charge >= 0.3 is 0 Å². The number of hydrogen-bond donors (Lipinski definition) is 2. The van der Waals surface area contributed by atoms with Crippen LogP contribution in [0.1, 0.15) is 22.6 Å². The molecule has 0 aliphatic carbocycles. The van der Waals surface area contributed by atoms with Gasteiger partial charge in [0.1, 0.15) is 5.82 Å². The van der Waals surface area contributed by atoms with Gasteiger partial charge in [-0.25, -0.2) is 4.98 Å². The van der Waals surface area contributed by atoms with Crippen molar-refractivity contribution in [2.75, 3.05) is 6.54 Å². The molecule has 92 valence electrons. The maximum absolute atomic E-state index is 11.9. The zero-order valence-electron chi connectivity index (χ0n) is 10.1. The molecule has 4 heteroatoms. The number of aromatic nitrogens is 2. The Morgan fingerprint density at radius 1 is 1.22 bits per heavy atom. The van der Waals surface area contributed by atoms with Crippen LogP contribution in [-0.2, 0) is 19.4 Å². The monoisotopic (exact) mass is 241 g/mol. The first-order valence-corrected chi connectivity index (χ1v) is 6.18. The van der Waals surface area contributed by atoms with Crippen LogP contribution >= 0.6 is 0 Å². The van der Waals surface area contributed by atoms with Gasteiger partial charge in [-0.2, -0.15) is 0 Å². The fraction of sp³-hybridized carbons (Fsp3) is 0.286. The van der Waals surface area contributed by atoms with Gasteiger partial charge in [-0.1, -0.05) is 30.3 Å². The van der Waals surface area contributed by atoms with Crippen LogP contribution in [0.2, 0.25) is 0 Å². The SMILES string of the molecule is O=c1[nH]c(Cc2ccccc2)nc2c1CNCC2. The first-order valence-electron chi connectivity index (χ1n) is 6.18. The summed E-state index contributed by atoms with van der Waals surface area (Å²) in [5.74, 6) is 0.756. The lowest BCUT2D eigenvalue weighted by molar-refractivity contribution is 0.615. The zero-order chi connectivity index (χ0) is 12.4. The number of H-pyrrole nitrogens is 1. The van der Waals surface area contributed by atoms with E-state index in [1.807, 2.05) is 30.3 Å². The van der Waals surface area contributed by atoms with Gasteiger partial charge in [0.2, 0.25) is 0 Å². The van der Waals surface area contributed by atoms with Gasteiger partial charge in [0.25, 0.3) is 5.56 Å². The number of aromatic amines is 1. The van der Waals surface area contributed by atoms with E-state index in [4.69, 9.17) is 0 Å². The lowest BCUT2D eigenvalue weighted by Gasteiger charge is -2.15. The number of nitrogens with one attached hydrogen (secondary N) is 2. The quantitative estimate of drug-likeness (QED) is 0.825. The van der Waals surface area contributed by atoms with Gasteiger partial charge in [-0.15, -0.1) is 0 Å². The van der Waals surface area contributed by atoms with Crippen molar-refractivity contribution in [3.63, 3.8) is 0 Å². The second kappa shape index (κ2) is 4.74. The van der Waals surface area contributed by atoms with Gasteiger partial charge in [-0.3, -0.25) is 4.79 Å². The molecule has 2 aromatic rings. The van der Waals surface area contributed by atoms with E-state index in [0.717, 1.165) is 35.6 Å². The predicted octanol–water partition coefficient (Wildman–Crippen LogP) is 1.01. The Balaban J connectivity index is 1.94. The number of benzene rings is 1. The standard InChI is InChI=1S/C14H15N3O/c18-14-11-9-15-7-6-12(11)16-13(17-14)8-10-4-2-1-3-5-10/h1-5,15H,6-9H2,(H,16,17,18). The Kier molecular flexibility index (Phi) is 2.94. The summed E-state index contributed by atoms with van der Waals surface area (Å²) in [5, 5.41) is 3.19. The third-order valence-electron chi connectivity index (χ3n) is 3.20. The molecule has 0 saturated heterocycles. The highest BCUT2D eigenvalue weighted by molar-refractivity contribution is 5.24. The van der Waals surface area contributed by atoms with Gasteiger partial charge in [0, 0.05) is 25.9 Å². The first-order chi connectivity index (χ1) is 8.83. The van der Waals surface area contributed by atoms with Crippen LogP contribution in [0.5, 0.6) is 0 Å². The maximum atomic E-state index is 11.9. The van der Waals surface area contributed by atoms with Crippen LogP contribution in [0.15, 0.2) is 35.1 Å². The molecule has 1 aliphatic heterocycles. The Morgan fingerprint density at radius 2 is 2.06 bits per heavy atom. The topological polar surface area (TPSA) is 57.8 Å². The molecular weight excluding hydrogens is 226 g/mol. The average Bonchev–Trinajstić information content (AvgIpc) is 2.40. The first kappa shape index (κ1) is 11.2. The molecule has 0 spiro atoms. The molecule has 0 radical (unpaired) electrons. The predicted molar refractivity (Wildman–Crippen MR) is 69.5 cm³/mol. The van der Waals surface area contributed by atoms with E-state index < -0.39 is 0 Å². The van der Waals surface area contributed by atoms with E-state index in [1.54, 1.807) is 0 Å². The summed E-state index contributed by atoms with van der Waals surface area (Å²) in [5.41, 5.74) is 2.90. The summed E-state index contributed by atoms with van der Waals surface area (Å²) in [4.78, 5) is 19.4. The molecule has 1 aliphatic rings. The second-order valence-corrected chi connectivity index (χ2v) is 4.53. The third kappa shape index (κ3) is 2.19. The summed E-state index contributed by atoms with van der Waals surface area (Å²) in [6.45, 7) is 1.53. The molecule has 2 N–H and O–H groups in total. The molecule has 1 aromatic carbocycles. The molecule has 4 nitrogen and oxygen atoms in total. The molecule has 0 amide bonds. The fourth-order valence-electron chi connectivity index (χ4n) is 2.28. The summed E-state index contributed by atoms with van der Waals surface area (Å²) < 4.78 is 0. The molecule has 18 heavy (non-hydrogen) atoms. The van der Waals surface area contributed by atoms with Gasteiger partial charge in [-0.05, 0) is 5.56 Å². The molecule has 0 fully saturated rings. The highest BCUT2D eigenvalue weighted by Gasteiger charge is 2.14. The second-order valence-electron chi connectivity index (χ2n) is 4.53. The normalized spacial score (nSPS) is 14.2. The fourth-order valence-corrected chi connectivity index (χ4v) is 2.28. The maximum Gasteiger partial charge on any atom is 0.255 e. The summed E-state index contributed by atoms with van der Waals surface area (Å²) >= 11 is 0. The number of nitrogens with zero attached hydrogens (tertiary/aromatic N) is 1. The molecular formula is C14H15N3O. The van der Waals surface area contributed by atoms with Gasteiger partial charge < -0.3 is 10.3 Å². The minimum absolute atomic E-state index is 0.00173. The highest BCUT2D eigenvalue weighted by Crippen LogP contribution is 2.09. The van der Waals surface area contributed by atoms with Crippen molar-refractivity contribution < 1.29 is 0 Å². The Morgan fingerprint density at radius 3 is 2.89 bits per heavy atom. The molecule has 0 atom stereocenters. The van der Waals surface area contributed by atoms with Crippen molar-refractivity contribution in [3.05, 3.63) is 63.3 Å². The van der Waals surface area contributed by atoms with Gasteiger partial charge in [0.05, 0.1) is 11.3 Å². The van der Waals surface area contributed by atoms with Crippen LogP contribution in [0.3, 0.4) is 0 Å². The molecule has 0 bridgehead atoms. The highest BCUT2D eigenvalue weighted by atomic mass is 16.1. The van der Waals surface area contributed by atoms with Crippen LogP contribution in [0, 0.1) is 0 Å². The lowest BCUT2D eigenvalue weighted by atomic mass is 10.1. The van der Waals surface area contributed by atoms with E-state index in [9.17, 15) is 4.79 Å². The van der Waals surface area contributed by atoms with Crippen LogP contribution in [0.25, 0.3) is 0 Å². The lowest BCUT2D eigenvalue weighted by Crippen LogP contribution is -2.32. The van der Waals surface area contributed by atoms with Crippen molar-refractivity contribution in [2.45, 2.75) is 19.4 Å². The summed E-state index contributed by atoms with van der Waals surface area (Å²) in [6, 6.07) is 10.1. The Labute approximate surface area is 105 Å². The van der Waals surface area contributed by atoms with Crippen LogP contribution in [0.4, 0.5) is 0 Å². The molecule has 2 heterocycles. The number of hydrogen-bond acceptors (Lipinski definition) is 3. The van der Waals surface area contributed by atoms with Gasteiger partial charge in [0.15, 0.2) is 0 Å². The number of fused-ring (bicyclic) bond motifs is 1. The number of rotatable bonds is 2. The molecule has 1 aromatic heterocycles. The van der Waals surface area contributed by atoms with Crippen LogP contribution < -0.4 is 10.9 Å². The molecule has 0 saturated carbocycles. The van der Waals surface area contributed by atoms with Crippen molar-refractivity contribution >= 4 is 0 Å². The third-order valence-corrected chi connectivity index (χ3v) is 3.20. The minimum atomic E-state index is -0.00173. The van der Waals surface area contributed by atoms with Crippen molar-refractivity contribution in [1.82, 2.24) is 15.3 Å². The smallest absolute Gasteiger partial charge is 0.255 e. The average molecular weight is 241 g/mol. The van der Waals surface area contributed by atoms with E-state index in [0.29, 0.717) is 13.0 Å². The largest absolute Gasteiger partial charge is 0.312 e. The zero-order valence-corrected chi connectivity index (χ0v) is 10.1. The Bertz CT molecular complexity index is 604. The van der Waals surface area contributed by atoms with E-state index in [-0.39, 0.29) is 5.56 Å². The van der Waals surface area contributed by atoms with E-state index >= 15 is 0 Å². The molecule has 3 rings (SSSR count). The molecule has 0 unspecified atom stereocenters. The van der Waals surface area contributed by atoms with E-state index in [2.05, 4.69) is 15.3 Å². The minimum Gasteiger partial charge on any atom is -0.312 e. The Hall–Kier alpha value is -1.94. The van der Waals surface area contributed by atoms with Crippen LogP contribution in [-0.4, -0.2) is 16.5 Å². The summed E-state index contributed by atoms with van der Waals surface area (Å²) in [7, 11) is 0. The van der Waals surface area contributed by atoms with Crippen molar-refractivity contribution in [2.24, 2.45) is 0 Å².